The number of carboxylic acid groups (broad SMARTS) is 1. The van der Waals surface area contributed by atoms with E-state index in [-0.39, 0.29) is 0 Å². The van der Waals surface area contributed by atoms with E-state index >= 15 is 0 Å². The number of hydrogen-bond acceptors (Lipinski definition) is 4. The van der Waals surface area contributed by atoms with E-state index in [0.717, 1.165) is 15.7 Å². The minimum atomic E-state index is -1.07. The van der Waals surface area contributed by atoms with Crippen LogP contribution in [0, 0.1) is 0 Å². The number of thiazole rings is 1. The van der Waals surface area contributed by atoms with E-state index in [1.807, 2.05) is 24.3 Å². The minimum absolute atomic E-state index is 0.406. The molecule has 17 heavy (non-hydrogen) atoms. The van der Waals surface area contributed by atoms with Crippen molar-refractivity contribution >= 4 is 33.2 Å². The van der Waals surface area contributed by atoms with Gasteiger partial charge in [0.15, 0.2) is 6.04 Å². The molecule has 0 aliphatic rings. The molecule has 1 unspecified atom stereocenters. The van der Waals surface area contributed by atoms with Crippen LogP contribution in [0.4, 0.5) is 0 Å². The van der Waals surface area contributed by atoms with Crippen molar-refractivity contribution in [1.82, 2.24) is 4.98 Å². The summed E-state index contributed by atoms with van der Waals surface area (Å²) in [6, 6.07) is 6.57. The molecule has 0 radical (unpaired) electrons. The van der Waals surface area contributed by atoms with Crippen LogP contribution in [0.2, 0.25) is 0 Å². The average molecular weight is 313 g/mol. The number of benzene rings is 1. The van der Waals surface area contributed by atoms with Crippen molar-refractivity contribution in [3.63, 3.8) is 0 Å². The molecule has 6 heteroatoms. The largest absolute Gasteiger partial charge is 0.480 e. The number of aromatic nitrogens is 1. The van der Waals surface area contributed by atoms with Gasteiger partial charge in [0.05, 0.1) is 5.69 Å². The third kappa shape index (κ3) is 2.54. The summed E-state index contributed by atoms with van der Waals surface area (Å²) in [5.41, 5.74) is 7.16. The van der Waals surface area contributed by atoms with E-state index in [1.165, 1.54) is 11.3 Å². The van der Waals surface area contributed by atoms with Crippen LogP contribution in [0.1, 0.15) is 11.0 Å². The number of nitrogens with two attached hydrogens (primary N) is 1. The Kier molecular flexibility index (Phi) is 3.56. The molecule has 0 bridgehead atoms. The lowest BCUT2D eigenvalue weighted by Gasteiger charge is -2.01. The molecule has 1 atom stereocenters. The molecule has 0 aliphatic heterocycles. The first-order chi connectivity index (χ1) is 8.09. The van der Waals surface area contributed by atoms with Gasteiger partial charge in [-0.3, -0.25) is 4.79 Å². The molecule has 0 aliphatic carbocycles. The van der Waals surface area contributed by atoms with Crippen LogP contribution in [-0.4, -0.2) is 16.1 Å². The first kappa shape index (κ1) is 12.2. The fourth-order valence-corrected chi connectivity index (χ4v) is 2.63. The summed E-state index contributed by atoms with van der Waals surface area (Å²) in [5, 5.41) is 11.0. The normalized spacial score (nSPS) is 12.4. The van der Waals surface area contributed by atoms with E-state index in [2.05, 4.69) is 20.9 Å². The van der Waals surface area contributed by atoms with E-state index < -0.39 is 12.0 Å². The molecule has 2 rings (SSSR count). The molecule has 0 spiro atoms. The Morgan fingerprint density at radius 3 is 2.82 bits per heavy atom. The number of carboxylic acids is 1. The lowest BCUT2D eigenvalue weighted by atomic mass is 10.2. The molecule has 0 fully saturated rings. The number of rotatable bonds is 3. The fraction of sp³-hybridized carbons (Fsp3) is 0.0909. The summed E-state index contributed by atoms with van der Waals surface area (Å²) < 4.78 is 0.917. The van der Waals surface area contributed by atoms with Gasteiger partial charge in [-0.1, -0.05) is 34.1 Å². The Balaban J connectivity index is 2.37. The molecular weight excluding hydrogens is 304 g/mol. The van der Waals surface area contributed by atoms with E-state index in [1.54, 1.807) is 5.38 Å². The maximum absolute atomic E-state index is 10.7. The Labute approximate surface area is 110 Å². The second-order valence-electron chi connectivity index (χ2n) is 3.37. The Morgan fingerprint density at radius 1 is 1.47 bits per heavy atom. The van der Waals surface area contributed by atoms with Crippen LogP contribution < -0.4 is 5.73 Å². The topological polar surface area (TPSA) is 76.2 Å². The Hall–Kier alpha value is -1.24. The van der Waals surface area contributed by atoms with Gasteiger partial charge in [-0.2, -0.15) is 0 Å². The number of aliphatic carboxylic acids is 1. The van der Waals surface area contributed by atoms with Gasteiger partial charge in [0.25, 0.3) is 0 Å². The van der Waals surface area contributed by atoms with Gasteiger partial charge < -0.3 is 10.8 Å². The van der Waals surface area contributed by atoms with Gasteiger partial charge in [0, 0.05) is 15.4 Å². The van der Waals surface area contributed by atoms with Gasteiger partial charge in [0.2, 0.25) is 0 Å². The second-order valence-corrected chi connectivity index (χ2v) is 5.11. The highest BCUT2D eigenvalue weighted by atomic mass is 79.9. The maximum atomic E-state index is 10.7. The molecule has 1 aromatic carbocycles. The van der Waals surface area contributed by atoms with Crippen molar-refractivity contribution in [2.75, 3.05) is 0 Å². The summed E-state index contributed by atoms with van der Waals surface area (Å²) in [6.45, 7) is 0. The molecular formula is C11H9BrN2O2S. The molecule has 4 nitrogen and oxygen atoms in total. The molecule has 1 heterocycles. The SMILES string of the molecule is NC(C(=O)O)c1nc(-c2ccccc2Br)cs1. The van der Waals surface area contributed by atoms with E-state index in [0.29, 0.717) is 5.01 Å². The minimum Gasteiger partial charge on any atom is -0.480 e. The smallest absolute Gasteiger partial charge is 0.327 e. The van der Waals surface area contributed by atoms with E-state index in [9.17, 15) is 4.79 Å². The standard InChI is InChI=1S/C11H9BrN2O2S/c12-7-4-2-1-3-6(7)8-5-17-10(14-8)9(13)11(15)16/h1-5,9H,13H2,(H,15,16). The molecule has 3 N–H and O–H groups in total. The van der Waals surface area contributed by atoms with Gasteiger partial charge in [0.1, 0.15) is 5.01 Å². The summed E-state index contributed by atoms with van der Waals surface area (Å²) in [6.07, 6.45) is 0. The van der Waals surface area contributed by atoms with Crippen LogP contribution in [0.25, 0.3) is 11.3 Å². The molecule has 0 saturated heterocycles. The third-order valence-electron chi connectivity index (χ3n) is 2.20. The van der Waals surface area contributed by atoms with Crippen molar-refractivity contribution in [3.05, 3.63) is 39.1 Å². The van der Waals surface area contributed by atoms with Gasteiger partial charge >= 0.3 is 5.97 Å². The van der Waals surface area contributed by atoms with Crippen molar-refractivity contribution in [1.29, 1.82) is 0 Å². The second kappa shape index (κ2) is 4.95. The Morgan fingerprint density at radius 2 is 2.18 bits per heavy atom. The zero-order valence-corrected chi connectivity index (χ0v) is 11.0. The zero-order valence-electron chi connectivity index (χ0n) is 8.63. The van der Waals surface area contributed by atoms with Crippen LogP contribution in [-0.2, 0) is 4.79 Å². The van der Waals surface area contributed by atoms with Crippen LogP contribution in [0.15, 0.2) is 34.1 Å². The highest BCUT2D eigenvalue weighted by Gasteiger charge is 2.18. The van der Waals surface area contributed by atoms with Crippen molar-refractivity contribution in [2.45, 2.75) is 6.04 Å². The van der Waals surface area contributed by atoms with Crippen molar-refractivity contribution < 1.29 is 9.90 Å². The lowest BCUT2D eigenvalue weighted by Crippen LogP contribution is -2.20. The van der Waals surface area contributed by atoms with Gasteiger partial charge in [-0.25, -0.2) is 4.98 Å². The summed E-state index contributed by atoms with van der Waals surface area (Å²) in [7, 11) is 0. The molecule has 0 saturated carbocycles. The quantitative estimate of drug-likeness (QED) is 0.913. The first-order valence-corrected chi connectivity index (χ1v) is 6.45. The lowest BCUT2D eigenvalue weighted by molar-refractivity contribution is -0.138. The molecule has 0 amide bonds. The Bertz CT molecular complexity index is 556. The number of carbonyl (C=O) groups is 1. The molecule has 88 valence electrons. The van der Waals surface area contributed by atoms with Gasteiger partial charge in [-0.05, 0) is 6.07 Å². The monoisotopic (exact) mass is 312 g/mol. The predicted octanol–water partition coefficient (Wildman–Crippen LogP) is 2.66. The summed E-state index contributed by atoms with van der Waals surface area (Å²) in [5.74, 6) is -1.07. The first-order valence-electron chi connectivity index (χ1n) is 4.78. The fourth-order valence-electron chi connectivity index (χ4n) is 1.33. The van der Waals surface area contributed by atoms with Crippen molar-refractivity contribution in [3.8, 4) is 11.3 Å². The summed E-state index contributed by atoms with van der Waals surface area (Å²) in [4.78, 5) is 15.0. The predicted molar refractivity (Wildman–Crippen MR) is 69.8 cm³/mol. The highest BCUT2D eigenvalue weighted by Crippen LogP contribution is 2.30. The number of halogens is 1. The van der Waals surface area contributed by atoms with Crippen LogP contribution in [0.3, 0.4) is 0 Å². The van der Waals surface area contributed by atoms with Crippen molar-refractivity contribution in [2.24, 2.45) is 5.73 Å². The van der Waals surface area contributed by atoms with Crippen LogP contribution in [0.5, 0.6) is 0 Å². The van der Waals surface area contributed by atoms with E-state index in [4.69, 9.17) is 10.8 Å². The zero-order chi connectivity index (χ0) is 12.4. The molecule has 2 aromatic rings. The highest BCUT2D eigenvalue weighted by molar-refractivity contribution is 9.10. The summed E-state index contributed by atoms with van der Waals surface area (Å²) >= 11 is 4.68. The maximum Gasteiger partial charge on any atom is 0.327 e. The van der Waals surface area contributed by atoms with Crippen LogP contribution >= 0.6 is 27.3 Å². The number of nitrogens with zero attached hydrogens (tertiary/aromatic N) is 1. The third-order valence-corrected chi connectivity index (χ3v) is 3.82. The average Bonchev–Trinajstić information content (AvgIpc) is 2.77. The van der Waals surface area contributed by atoms with Gasteiger partial charge in [-0.15, -0.1) is 11.3 Å². The molecule has 1 aromatic heterocycles. The number of hydrogen-bond donors (Lipinski definition) is 2.